The molecule has 0 aliphatic heterocycles. The summed E-state index contributed by atoms with van der Waals surface area (Å²) in [5, 5.41) is 10.8. The van der Waals surface area contributed by atoms with Gasteiger partial charge in [-0.05, 0) is 72.2 Å². The van der Waals surface area contributed by atoms with Crippen molar-refractivity contribution in [3.05, 3.63) is 0 Å². The highest BCUT2D eigenvalue weighted by atomic mass is 79.9. The molecular formula is C13H17BrF2NO5S-. The van der Waals surface area contributed by atoms with E-state index in [1.54, 1.807) is 5.32 Å². The smallest absolute Gasteiger partial charge is 0.407 e. The van der Waals surface area contributed by atoms with E-state index >= 15 is 0 Å². The molecule has 0 aromatic carbocycles. The van der Waals surface area contributed by atoms with Gasteiger partial charge < -0.3 is 9.66 Å². The first kappa shape index (κ1) is 17.5. The van der Waals surface area contributed by atoms with Crippen LogP contribution in [0.5, 0.6) is 0 Å². The van der Waals surface area contributed by atoms with Gasteiger partial charge in [-0.2, -0.15) is 8.78 Å². The largest absolute Gasteiger partial charge is 0.750 e. The number of carbonyl (C=O) groups is 1. The van der Waals surface area contributed by atoms with Crippen LogP contribution >= 0.6 is 15.9 Å². The summed E-state index contributed by atoms with van der Waals surface area (Å²) in [6, 6.07) is 0. The van der Waals surface area contributed by atoms with Crippen LogP contribution in [0.3, 0.4) is 0 Å². The van der Waals surface area contributed by atoms with Crippen LogP contribution in [-0.4, -0.2) is 30.5 Å². The lowest BCUT2D eigenvalue weighted by Crippen LogP contribution is -2.72. The average molecular weight is 417 g/mol. The molecule has 0 radical (unpaired) electrons. The fraction of sp³-hybridized carbons (Fsp3) is 0.923. The van der Waals surface area contributed by atoms with Crippen LogP contribution in [0.25, 0.3) is 0 Å². The third-order valence-electron chi connectivity index (χ3n) is 5.66. The molecule has 0 heterocycles. The first-order valence-corrected chi connectivity index (χ1v) is 9.23. The topological polar surface area (TPSA) is 98.7 Å². The monoisotopic (exact) mass is 416 g/mol. The number of hydrogen-bond acceptors (Lipinski definition) is 4. The molecule has 6 nitrogen and oxygen atoms in total. The normalized spacial score (nSPS) is 39.7. The van der Waals surface area contributed by atoms with Crippen molar-refractivity contribution in [2.24, 2.45) is 23.2 Å². The van der Waals surface area contributed by atoms with Crippen molar-refractivity contribution >= 4 is 33.4 Å². The van der Waals surface area contributed by atoms with E-state index in [0.717, 1.165) is 19.3 Å². The summed E-state index contributed by atoms with van der Waals surface area (Å²) in [4.78, 5) is 7.32. The van der Waals surface area contributed by atoms with Gasteiger partial charge in [-0.3, -0.25) is 9.50 Å². The fourth-order valence-corrected chi connectivity index (χ4v) is 6.69. The molecule has 0 aromatic rings. The first-order chi connectivity index (χ1) is 10.6. The lowest BCUT2D eigenvalue weighted by atomic mass is 9.46. The van der Waals surface area contributed by atoms with Gasteiger partial charge in [-0.25, -0.2) is 9.00 Å². The van der Waals surface area contributed by atoms with Crippen LogP contribution in [0.2, 0.25) is 0 Å². The van der Waals surface area contributed by atoms with Gasteiger partial charge in [0.1, 0.15) is 0 Å². The zero-order valence-corrected chi connectivity index (χ0v) is 14.5. The van der Waals surface area contributed by atoms with Gasteiger partial charge in [-0.15, -0.1) is 0 Å². The molecular weight excluding hydrogens is 400 g/mol. The number of carboxylic acid groups (broad SMARTS) is 1. The van der Waals surface area contributed by atoms with Crippen LogP contribution in [0, 0.1) is 23.2 Å². The summed E-state index contributed by atoms with van der Waals surface area (Å²) in [5.74, 6) is 0.610. The van der Waals surface area contributed by atoms with E-state index in [9.17, 15) is 22.3 Å². The molecule has 2 atom stereocenters. The number of rotatable bonds is 5. The molecule has 1 amide bonds. The molecule has 0 saturated heterocycles. The van der Waals surface area contributed by atoms with Crippen LogP contribution in [0.1, 0.15) is 38.5 Å². The van der Waals surface area contributed by atoms with Crippen molar-refractivity contribution in [1.29, 1.82) is 0 Å². The number of nitrogens with one attached hydrogen (secondary N) is 1. The zero-order valence-electron chi connectivity index (χ0n) is 12.1. The quantitative estimate of drug-likeness (QED) is 0.407. The standard InChI is InChI=1S/C13H18BrF2NO5S/c14-13(15,16)12(17-10(18)19,22-23(20)21)11-4-7-1-8(5-11)3-9(2-7)6-11/h7-9,17H,1-6H2,(H,18,19)(H,20,21)/p-1. The van der Waals surface area contributed by atoms with E-state index in [0.29, 0.717) is 19.3 Å². The Bertz CT molecular complexity index is 490. The zero-order chi connectivity index (χ0) is 17.0. The number of hydrogen-bond donors (Lipinski definition) is 2. The Morgan fingerprint density at radius 1 is 1.26 bits per heavy atom. The third-order valence-corrected chi connectivity index (χ3v) is 6.60. The molecule has 0 spiro atoms. The molecule has 0 aromatic heterocycles. The molecule has 132 valence electrons. The van der Waals surface area contributed by atoms with E-state index in [1.165, 1.54) is 0 Å². The van der Waals surface area contributed by atoms with Crippen molar-refractivity contribution in [3.8, 4) is 0 Å². The second-order valence-electron chi connectivity index (χ2n) is 7.09. The van der Waals surface area contributed by atoms with Gasteiger partial charge in [0.15, 0.2) is 0 Å². The predicted octanol–water partition coefficient (Wildman–Crippen LogP) is 2.97. The van der Waals surface area contributed by atoms with Gasteiger partial charge in [0.05, 0.1) is 11.4 Å². The third kappa shape index (κ3) is 2.81. The van der Waals surface area contributed by atoms with Crippen LogP contribution < -0.4 is 5.32 Å². The molecule has 4 rings (SSSR count). The van der Waals surface area contributed by atoms with Crippen LogP contribution in [-0.2, 0) is 15.5 Å². The van der Waals surface area contributed by atoms with Crippen LogP contribution in [0.15, 0.2) is 0 Å². The Morgan fingerprint density at radius 2 is 1.70 bits per heavy atom. The minimum atomic E-state index is -3.87. The van der Waals surface area contributed by atoms with E-state index in [-0.39, 0.29) is 17.8 Å². The second-order valence-corrected chi connectivity index (χ2v) is 8.67. The molecule has 2 unspecified atom stereocenters. The highest BCUT2D eigenvalue weighted by Gasteiger charge is 2.71. The Kier molecular flexibility index (Phi) is 4.26. The first-order valence-electron chi connectivity index (χ1n) is 7.43. The van der Waals surface area contributed by atoms with E-state index in [1.807, 2.05) is 0 Å². The number of amides is 1. The molecule has 4 saturated carbocycles. The predicted molar refractivity (Wildman–Crippen MR) is 78.4 cm³/mol. The highest BCUT2D eigenvalue weighted by Crippen LogP contribution is 2.67. The summed E-state index contributed by atoms with van der Waals surface area (Å²) in [5.41, 5.74) is -4.08. The minimum Gasteiger partial charge on any atom is -0.750 e. The summed E-state index contributed by atoms with van der Waals surface area (Å²) in [7, 11) is 0. The minimum absolute atomic E-state index is 0.203. The average Bonchev–Trinajstić information content (AvgIpc) is 2.33. The Hall–Kier alpha value is -0.320. The van der Waals surface area contributed by atoms with Gasteiger partial charge >= 0.3 is 10.9 Å². The van der Waals surface area contributed by atoms with Crippen molar-refractivity contribution in [3.63, 3.8) is 0 Å². The number of halogens is 3. The second kappa shape index (κ2) is 5.60. The van der Waals surface area contributed by atoms with Crippen molar-refractivity contribution in [2.75, 3.05) is 0 Å². The highest BCUT2D eigenvalue weighted by molar-refractivity contribution is 9.10. The lowest BCUT2D eigenvalue weighted by molar-refractivity contribution is -0.236. The maximum Gasteiger partial charge on any atom is 0.407 e. The molecule has 4 aliphatic rings. The van der Waals surface area contributed by atoms with Gasteiger partial charge in [0.2, 0.25) is 5.72 Å². The molecule has 4 bridgehead atoms. The van der Waals surface area contributed by atoms with E-state index in [4.69, 9.17) is 5.11 Å². The SMILES string of the molecule is O=C(O)NC(OS(=O)[O-])(C(F)(F)Br)C12CC3CC(CC(C3)C1)C2. The summed E-state index contributed by atoms with van der Waals surface area (Å²) in [6.45, 7) is 0. The Morgan fingerprint density at radius 3 is 2.00 bits per heavy atom. The maximum absolute atomic E-state index is 14.5. The summed E-state index contributed by atoms with van der Waals surface area (Å²) in [6.07, 6.45) is 2.03. The van der Waals surface area contributed by atoms with Gasteiger partial charge in [0, 0.05) is 5.41 Å². The van der Waals surface area contributed by atoms with Crippen molar-refractivity contribution in [2.45, 2.75) is 49.1 Å². The molecule has 2 N–H and O–H groups in total. The van der Waals surface area contributed by atoms with E-state index in [2.05, 4.69) is 20.1 Å². The lowest BCUT2D eigenvalue weighted by Gasteiger charge is -2.63. The molecule has 23 heavy (non-hydrogen) atoms. The Balaban J connectivity index is 2.10. The molecule has 10 heteroatoms. The number of alkyl halides is 3. The Labute approximate surface area is 143 Å². The summed E-state index contributed by atoms with van der Waals surface area (Å²) < 4.78 is 55.8. The van der Waals surface area contributed by atoms with E-state index < -0.39 is 33.4 Å². The van der Waals surface area contributed by atoms with Crippen molar-refractivity contribution in [1.82, 2.24) is 5.32 Å². The molecule has 4 aliphatic carbocycles. The van der Waals surface area contributed by atoms with Crippen LogP contribution in [0.4, 0.5) is 13.6 Å². The van der Waals surface area contributed by atoms with Crippen molar-refractivity contribution < 1.29 is 31.6 Å². The fourth-order valence-electron chi connectivity index (χ4n) is 5.46. The van der Waals surface area contributed by atoms with Gasteiger partial charge in [-0.1, -0.05) is 0 Å². The molecule has 4 fully saturated rings. The maximum atomic E-state index is 14.5. The van der Waals surface area contributed by atoms with Gasteiger partial charge in [0.25, 0.3) is 0 Å². The summed E-state index contributed by atoms with van der Waals surface area (Å²) >= 11 is -1.10.